The number of thiophene rings is 1. The van der Waals surface area contributed by atoms with Crippen LogP contribution in [0.15, 0.2) is 90.3 Å². The third kappa shape index (κ3) is 5.30. The first-order valence-electron chi connectivity index (χ1n) is 14.3. The van der Waals surface area contributed by atoms with Crippen molar-refractivity contribution in [1.82, 2.24) is 15.1 Å². The van der Waals surface area contributed by atoms with Gasteiger partial charge in [-0.05, 0) is 65.6 Å². The molecule has 4 heterocycles. The molecule has 2 aliphatic heterocycles. The first-order chi connectivity index (χ1) is 20.2. The van der Waals surface area contributed by atoms with Crippen molar-refractivity contribution < 1.29 is 9.53 Å². The zero-order valence-electron chi connectivity index (χ0n) is 22.9. The van der Waals surface area contributed by atoms with Crippen LogP contribution >= 0.6 is 11.3 Å². The van der Waals surface area contributed by atoms with Gasteiger partial charge in [-0.2, -0.15) is 5.10 Å². The number of anilines is 1. The number of hydrogen-bond donors (Lipinski definition) is 0. The highest BCUT2D eigenvalue weighted by atomic mass is 32.1. The van der Waals surface area contributed by atoms with Gasteiger partial charge >= 0.3 is 6.09 Å². The van der Waals surface area contributed by atoms with Crippen LogP contribution in [0.2, 0.25) is 0 Å². The SMILES string of the molecule is O=C(OCc1ccccc1)N1CCc2cc(-c3nnc(C4CCN(c5ccccc5)CC4)c4sccc34)ccc2C1. The Morgan fingerprint density at radius 2 is 1.66 bits per heavy atom. The van der Waals surface area contributed by atoms with E-state index >= 15 is 0 Å². The highest BCUT2D eigenvalue weighted by molar-refractivity contribution is 7.17. The molecule has 6 nitrogen and oxygen atoms in total. The minimum absolute atomic E-state index is 0.264. The molecule has 2 aliphatic rings. The van der Waals surface area contributed by atoms with Crippen LogP contribution in [0.25, 0.3) is 21.3 Å². The van der Waals surface area contributed by atoms with Crippen LogP contribution in [0, 0.1) is 0 Å². The first-order valence-corrected chi connectivity index (χ1v) is 15.2. The average molecular weight is 561 g/mol. The van der Waals surface area contributed by atoms with Crippen LogP contribution in [0.3, 0.4) is 0 Å². The number of fused-ring (bicyclic) bond motifs is 2. The van der Waals surface area contributed by atoms with Gasteiger partial charge in [0.1, 0.15) is 12.3 Å². The molecule has 206 valence electrons. The number of piperidine rings is 1. The average Bonchev–Trinajstić information content (AvgIpc) is 3.54. The van der Waals surface area contributed by atoms with Gasteiger partial charge in [-0.25, -0.2) is 4.79 Å². The third-order valence-corrected chi connectivity index (χ3v) is 9.31. The van der Waals surface area contributed by atoms with E-state index < -0.39 is 0 Å². The number of ether oxygens (including phenoxy) is 1. The molecular formula is C34H32N4O2S. The van der Waals surface area contributed by atoms with Crippen molar-refractivity contribution in [2.75, 3.05) is 24.5 Å². The summed E-state index contributed by atoms with van der Waals surface area (Å²) < 4.78 is 6.83. The quantitative estimate of drug-likeness (QED) is 0.224. The minimum atomic E-state index is -0.264. The lowest BCUT2D eigenvalue weighted by Crippen LogP contribution is -2.36. The molecule has 1 fully saturated rings. The van der Waals surface area contributed by atoms with Crippen LogP contribution in [0.4, 0.5) is 10.5 Å². The maximum atomic E-state index is 12.7. The van der Waals surface area contributed by atoms with E-state index in [1.807, 2.05) is 30.3 Å². The second-order valence-electron chi connectivity index (χ2n) is 10.9. The zero-order chi connectivity index (χ0) is 27.6. The van der Waals surface area contributed by atoms with Gasteiger partial charge in [0.25, 0.3) is 0 Å². The summed E-state index contributed by atoms with van der Waals surface area (Å²) in [5.41, 5.74) is 7.89. The van der Waals surface area contributed by atoms with E-state index in [1.54, 1.807) is 16.2 Å². The van der Waals surface area contributed by atoms with E-state index in [2.05, 4.69) is 64.9 Å². The highest BCUT2D eigenvalue weighted by Gasteiger charge is 2.26. The predicted octanol–water partition coefficient (Wildman–Crippen LogP) is 7.44. The molecule has 0 unspecified atom stereocenters. The molecular weight excluding hydrogens is 528 g/mol. The van der Waals surface area contributed by atoms with Crippen molar-refractivity contribution >= 4 is 33.2 Å². The van der Waals surface area contributed by atoms with Crippen molar-refractivity contribution in [2.45, 2.75) is 38.3 Å². The van der Waals surface area contributed by atoms with Crippen molar-refractivity contribution in [1.29, 1.82) is 0 Å². The molecule has 0 atom stereocenters. The molecule has 7 rings (SSSR count). The summed E-state index contributed by atoms with van der Waals surface area (Å²) in [5, 5.41) is 13.0. The molecule has 41 heavy (non-hydrogen) atoms. The summed E-state index contributed by atoms with van der Waals surface area (Å²) in [5.74, 6) is 0.425. The Labute approximate surface area is 244 Å². The maximum absolute atomic E-state index is 12.7. The van der Waals surface area contributed by atoms with Gasteiger partial charge in [0.05, 0.1) is 10.4 Å². The van der Waals surface area contributed by atoms with Gasteiger partial charge in [-0.1, -0.05) is 60.7 Å². The summed E-state index contributed by atoms with van der Waals surface area (Å²) in [6.07, 6.45) is 2.69. The summed E-state index contributed by atoms with van der Waals surface area (Å²) in [4.78, 5) is 17.0. The van der Waals surface area contributed by atoms with Crippen molar-refractivity contribution in [3.63, 3.8) is 0 Å². The first kappa shape index (κ1) is 25.7. The minimum Gasteiger partial charge on any atom is -0.445 e. The van der Waals surface area contributed by atoms with Crippen molar-refractivity contribution in [3.05, 3.63) is 113 Å². The predicted molar refractivity (Wildman–Crippen MR) is 164 cm³/mol. The fourth-order valence-electron chi connectivity index (χ4n) is 6.09. The van der Waals surface area contributed by atoms with Crippen LogP contribution in [-0.4, -0.2) is 40.8 Å². The number of hydrogen-bond acceptors (Lipinski definition) is 6. The van der Waals surface area contributed by atoms with E-state index in [9.17, 15) is 4.79 Å². The number of aromatic nitrogens is 2. The lowest BCUT2D eigenvalue weighted by Gasteiger charge is -2.33. The van der Waals surface area contributed by atoms with Gasteiger partial charge in [-0.15, -0.1) is 16.4 Å². The highest BCUT2D eigenvalue weighted by Crippen LogP contribution is 2.38. The second-order valence-corrected chi connectivity index (χ2v) is 11.8. The molecule has 3 aromatic carbocycles. The van der Waals surface area contributed by atoms with Gasteiger partial charge in [0.15, 0.2) is 0 Å². The van der Waals surface area contributed by atoms with Gasteiger partial charge < -0.3 is 14.5 Å². The Bertz CT molecular complexity index is 1660. The van der Waals surface area contributed by atoms with E-state index in [1.165, 1.54) is 21.3 Å². The molecule has 0 spiro atoms. The number of amides is 1. The van der Waals surface area contributed by atoms with Crippen molar-refractivity contribution in [2.24, 2.45) is 0 Å². The number of carbonyl (C=O) groups is 1. The van der Waals surface area contributed by atoms with E-state index in [0.717, 1.165) is 60.4 Å². The van der Waals surface area contributed by atoms with Crippen LogP contribution in [-0.2, 0) is 24.3 Å². The number of rotatable bonds is 5. The molecule has 1 saturated heterocycles. The summed E-state index contributed by atoms with van der Waals surface area (Å²) in [6.45, 7) is 3.56. The molecule has 0 aliphatic carbocycles. The molecule has 0 bridgehead atoms. The number of benzene rings is 3. The lowest BCUT2D eigenvalue weighted by molar-refractivity contribution is 0.0918. The summed E-state index contributed by atoms with van der Waals surface area (Å²) >= 11 is 1.77. The topological polar surface area (TPSA) is 58.6 Å². The standard InChI is InChI=1S/C34H32N4O2S/c39-34(40-23-24-7-3-1-4-8-24)38-19-15-26-21-27(11-12-28(26)22-38)31-30-16-20-41-33(30)32(36-35-31)25-13-17-37(18-14-25)29-9-5-2-6-10-29/h1-12,16,20-21,25H,13-15,17-19,22-23H2. The van der Waals surface area contributed by atoms with Crippen LogP contribution < -0.4 is 4.90 Å². The Kier molecular flexibility index (Phi) is 7.11. The fraction of sp³-hybridized carbons (Fsp3) is 0.265. The normalized spacial score (nSPS) is 15.6. The van der Waals surface area contributed by atoms with E-state index in [0.29, 0.717) is 25.6 Å². The summed E-state index contributed by atoms with van der Waals surface area (Å²) in [7, 11) is 0. The maximum Gasteiger partial charge on any atom is 0.410 e. The smallest absolute Gasteiger partial charge is 0.410 e. The Hall–Kier alpha value is -4.23. The third-order valence-electron chi connectivity index (χ3n) is 8.37. The zero-order valence-corrected chi connectivity index (χ0v) is 23.7. The molecule has 1 amide bonds. The Morgan fingerprint density at radius 1 is 0.878 bits per heavy atom. The molecule has 0 saturated carbocycles. The molecule has 0 N–H and O–H groups in total. The van der Waals surface area contributed by atoms with Gasteiger partial charge in [0.2, 0.25) is 0 Å². The van der Waals surface area contributed by atoms with Gasteiger partial charge in [0, 0.05) is 48.7 Å². The van der Waals surface area contributed by atoms with Crippen LogP contribution in [0.5, 0.6) is 0 Å². The molecule has 0 radical (unpaired) electrons. The number of nitrogens with zero attached hydrogens (tertiary/aromatic N) is 4. The largest absolute Gasteiger partial charge is 0.445 e. The summed E-state index contributed by atoms with van der Waals surface area (Å²) in [6, 6.07) is 29.2. The molecule has 7 heteroatoms. The van der Waals surface area contributed by atoms with E-state index in [4.69, 9.17) is 14.9 Å². The van der Waals surface area contributed by atoms with Gasteiger partial charge in [-0.3, -0.25) is 0 Å². The number of carbonyl (C=O) groups excluding carboxylic acids is 1. The number of para-hydroxylation sites is 1. The molecule has 5 aromatic rings. The second kappa shape index (κ2) is 11.3. The lowest BCUT2D eigenvalue weighted by atomic mass is 9.91. The molecule has 2 aromatic heterocycles. The van der Waals surface area contributed by atoms with Crippen molar-refractivity contribution in [3.8, 4) is 11.3 Å². The fourth-order valence-corrected chi connectivity index (χ4v) is 7.05. The monoisotopic (exact) mass is 560 g/mol. The van der Waals surface area contributed by atoms with E-state index in [-0.39, 0.29) is 6.09 Å². The Balaban J connectivity index is 1.05. The van der Waals surface area contributed by atoms with Crippen LogP contribution in [0.1, 0.15) is 41.1 Å². The Morgan fingerprint density at radius 3 is 2.46 bits per heavy atom.